The molecule has 1 aromatic rings. The molecule has 1 saturated heterocycles. The number of rotatable bonds is 7. The molecule has 29 heavy (non-hydrogen) atoms. The highest BCUT2D eigenvalue weighted by atomic mass is 16.5. The first-order valence-electron chi connectivity index (χ1n) is 11.0. The molecule has 0 spiro atoms. The van der Waals surface area contributed by atoms with E-state index >= 15 is 0 Å². The maximum absolute atomic E-state index is 12.8. The molecule has 1 saturated carbocycles. The van der Waals surface area contributed by atoms with Gasteiger partial charge in [0.15, 0.2) is 0 Å². The molecule has 3 rings (SSSR count). The van der Waals surface area contributed by atoms with Crippen LogP contribution >= 0.6 is 0 Å². The fourth-order valence-electron chi connectivity index (χ4n) is 4.55. The second-order valence-electron chi connectivity index (χ2n) is 8.54. The van der Waals surface area contributed by atoms with Gasteiger partial charge in [-0.15, -0.1) is 0 Å². The van der Waals surface area contributed by atoms with Gasteiger partial charge in [0.05, 0.1) is 20.3 Å². The highest BCUT2D eigenvalue weighted by Gasteiger charge is 2.29. The molecule has 1 aromatic carbocycles. The van der Waals surface area contributed by atoms with Crippen molar-refractivity contribution in [3.63, 3.8) is 0 Å². The van der Waals surface area contributed by atoms with Crippen molar-refractivity contribution in [3.8, 4) is 11.5 Å². The Bertz CT molecular complexity index is 673. The van der Waals surface area contributed by atoms with E-state index in [1.807, 2.05) is 25.1 Å². The lowest BCUT2D eigenvalue weighted by Gasteiger charge is -2.38. The van der Waals surface area contributed by atoms with Gasteiger partial charge in [0, 0.05) is 44.3 Å². The van der Waals surface area contributed by atoms with Crippen LogP contribution in [0.3, 0.4) is 0 Å². The summed E-state index contributed by atoms with van der Waals surface area (Å²) in [5.41, 5.74) is 1.14. The third-order valence-corrected chi connectivity index (χ3v) is 6.65. The Morgan fingerprint density at radius 2 is 1.86 bits per heavy atom. The van der Waals surface area contributed by atoms with Gasteiger partial charge in [0.25, 0.3) is 0 Å². The fraction of sp³-hybridized carbons (Fsp3) is 0.696. The second-order valence-corrected chi connectivity index (χ2v) is 8.54. The molecule has 2 fully saturated rings. The number of carbonyl (C=O) groups is 1. The third-order valence-electron chi connectivity index (χ3n) is 6.65. The molecule has 1 aliphatic carbocycles. The smallest absolute Gasteiger partial charge is 0.237 e. The van der Waals surface area contributed by atoms with Crippen LogP contribution in [0.2, 0.25) is 0 Å². The average Bonchev–Trinajstić information content (AvgIpc) is 2.75. The summed E-state index contributed by atoms with van der Waals surface area (Å²) in [5.74, 6) is 2.52. The van der Waals surface area contributed by atoms with Gasteiger partial charge in [-0.25, -0.2) is 0 Å². The molecule has 1 heterocycles. The van der Waals surface area contributed by atoms with E-state index in [1.165, 1.54) is 19.3 Å². The van der Waals surface area contributed by atoms with E-state index < -0.39 is 0 Å². The van der Waals surface area contributed by atoms with Crippen LogP contribution in [0.1, 0.15) is 45.1 Å². The van der Waals surface area contributed by atoms with Crippen molar-refractivity contribution in [1.82, 2.24) is 15.1 Å². The Balaban J connectivity index is 1.50. The summed E-state index contributed by atoms with van der Waals surface area (Å²) in [6, 6.07) is 6.21. The van der Waals surface area contributed by atoms with Gasteiger partial charge >= 0.3 is 0 Å². The Hall–Kier alpha value is -1.79. The van der Waals surface area contributed by atoms with Crippen LogP contribution in [0.4, 0.5) is 0 Å². The van der Waals surface area contributed by atoms with Crippen molar-refractivity contribution in [2.75, 3.05) is 40.4 Å². The number of piperazine rings is 1. The van der Waals surface area contributed by atoms with Crippen LogP contribution < -0.4 is 14.8 Å². The monoisotopic (exact) mass is 403 g/mol. The third kappa shape index (κ3) is 5.64. The van der Waals surface area contributed by atoms with Gasteiger partial charge < -0.3 is 14.8 Å². The van der Waals surface area contributed by atoms with Crippen LogP contribution in [0, 0.1) is 5.92 Å². The van der Waals surface area contributed by atoms with Crippen LogP contribution in [0.5, 0.6) is 11.5 Å². The van der Waals surface area contributed by atoms with Crippen molar-refractivity contribution in [1.29, 1.82) is 0 Å². The summed E-state index contributed by atoms with van der Waals surface area (Å²) in [6.07, 6.45) is 4.88. The minimum absolute atomic E-state index is 0.0716. The molecule has 6 nitrogen and oxygen atoms in total. The van der Waals surface area contributed by atoms with Gasteiger partial charge in [-0.3, -0.25) is 14.6 Å². The Labute approximate surface area is 175 Å². The Morgan fingerprint density at radius 3 is 2.52 bits per heavy atom. The van der Waals surface area contributed by atoms with E-state index in [1.54, 1.807) is 14.2 Å². The number of nitrogens with one attached hydrogen (secondary N) is 1. The first-order valence-corrected chi connectivity index (χ1v) is 11.0. The van der Waals surface area contributed by atoms with Crippen molar-refractivity contribution < 1.29 is 14.3 Å². The SMILES string of the molecule is COc1ccc(OC)c(CN2CCN(C(C)C(=O)NC3CCCCC3C)CC2)c1. The molecule has 3 unspecified atom stereocenters. The number of methoxy groups -OCH3 is 2. The Kier molecular flexibility index (Phi) is 7.78. The van der Waals surface area contributed by atoms with Crippen molar-refractivity contribution in [2.45, 2.75) is 58.2 Å². The number of carbonyl (C=O) groups excluding carboxylic acids is 1. The maximum Gasteiger partial charge on any atom is 0.237 e. The zero-order valence-corrected chi connectivity index (χ0v) is 18.4. The largest absolute Gasteiger partial charge is 0.497 e. The van der Waals surface area contributed by atoms with E-state index in [-0.39, 0.29) is 11.9 Å². The topological polar surface area (TPSA) is 54.0 Å². The summed E-state index contributed by atoms with van der Waals surface area (Å²) in [5, 5.41) is 3.32. The quantitative estimate of drug-likeness (QED) is 0.759. The number of hydrogen-bond donors (Lipinski definition) is 1. The lowest BCUT2D eigenvalue weighted by molar-refractivity contribution is -0.127. The van der Waals surface area contributed by atoms with E-state index in [0.29, 0.717) is 12.0 Å². The molecule has 3 atom stereocenters. The standard InChI is InChI=1S/C23H37N3O3/c1-17-7-5-6-8-21(17)24-23(27)18(2)26-13-11-25(12-14-26)16-19-15-20(28-3)9-10-22(19)29-4/h9-10,15,17-18,21H,5-8,11-14,16H2,1-4H3,(H,24,27). The van der Waals surface area contributed by atoms with Crippen LogP contribution in [0.25, 0.3) is 0 Å². The van der Waals surface area contributed by atoms with E-state index in [9.17, 15) is 4.79 Å². The number of benzene rings is 1. The Morgan fingerprint density at radius 1 is 1.14 bits per heavy atom. The lowest BCUT2D eigenvalue weighted by Crippen LogP contribution is -2.55. The van der Waals surface area contributed by atoms with Crippen LogP contribution in [-0.4, -0.2) is 68.2 Å². The minimum Gasteiger partial charge on any atom is -0.497 e. The van der Waals surface area contributed by atoms with Gasteiger partial charge in [-0.2, -0.15) is 0 Å². The molecule has 0 aromatic heterocycles. The molecule has 0 radical (unpaired) electrons. The maximum atomic E-state index is 12.8. The molecule has 1 amide bonds. The van der Waals surface area contributed by atoms with E-state index in [0.717, 1.165) is 56.2 Å². The number of ether oxygens (including phenoxy) is 2. The van der Waals surface area contributed by atoms with Gasteiger partial charge in [-0.1, -0.05) is 19.8 Å². The zero-order valence-electron chi connectivity index (χ0n) is 18.4. The molecule has 2 aliphatic rings. The first-order chi connectivity index (χ1) is 14.0. The predicted molar refractivity (Wildman–Crippen MR) is 115 cm³/mol. The molecular weight excluding hydrogens is 366 g/mol. The molecular formula is C23H37N3O3. The van der Waals surface area contributed by atoms with Crippen molar-refractivity contribution in [3.05, 3.63) is 23.8 Å². The van der Waals surface area contributed by atoms with Gasteiger partial charge in [0.1, 0.15) is 11.5 Å². The van der Waals surface area contributed by atoms with E-state index in [4.69, 9.17) is 9.47 Å². The lowest BCUT2D eigenvalue weighted by atomic mass is 9.86. The summed E-state index contributed by atoms with van der Waals surface area (Å²) >= 11 is 0. The van der Waals surface area contributed by atoms with Gasteiger partial charge in [0.2, 0.25) is 5.91 Å². The zero-order chi connectivity index (χ0) is 20.8. The molecule has 1 N–H and O–H groups in total. The average molecular weight is 404 g/mol. The highest BCUT2D eigenvalue weighted by molar-refractivity contribution is 5.81. The summed E-state index contributed by atoms with van der Waals surface area (Å²) in [7, 11) is 3.39. The minimum atomic E-state index is -0.0716. The number of amides is 1. The predicted octanol–water partition coefficient (Wildman–Crippen LogP) is 2.90. The van der Waals surface area contributed by atoms with Crippen molar-refractivity contribution in [2.24, 2.45) is 5.92 Å². The summed E-state index contributed by atoms with van der Waals surface area (Å²) in [6.45, 7) is 8.83. The first kappa shape index (κ1) is 21.9. The second kappa shape index (κ2) is 10.3. The molecule has 0 bridgehead atoms. The highest BCUT2D eigenvalue weighted by Crippen LogP contribution is 2.26. The molecule has 1 aliphatic heterocycles. The summed E-state index contributed by atoms with van der Waals surface area (Å²) < 4.78 is 10.9. The number of nitrogens with zero attached hydrogens (tertiary/aromatic N) is 2. The van der Waals surface area contributed by atoms with Crippen LogP contribution in [0.15, 0.2) is 18.2 Å². The van der Waals surface area contributed by atoms with Crippen LogP contribution in [-0.2, 0) is 11.3 Å². The van der Waals surface area contributed by atoms with E-state index in [2.05, 4.69) is 22.0 Å². The fourth-order valence-corrected chi connectivity index (χ4v) is 4.55. The molecule has 6 heteroatoms. The van der Waals surface area contributed by atoms with Crippen molar-refractivity contribution >= 4 is 5.91 Å². The van der Waals surface area contributed by atoms with Gasteiger partial charge in [-0.05, 0) is 43.9 Å². The molecule has 162 valence electrons. The summed E-state index contributed by atoms with van der Waals surface area (Å²) in [4.78, 5) is 17.5. The normalized spacial score (nSPS) is 24.7. The number of hydrogen-bond acceptors (Lipinski definition) is 5.